The van der Waals surface area contributed by atoms with Crippen molar-refractivity contribution in [1.29, 1.82) is 0 Å². The van der Waals surface area contributed by atoms with Crippen LogP contribution < -0.4 is 4.74 Å². The number of methoxy groups -OCH3 is 1. The predicted octanol–water partition coefficient (Wildman–Crippen LogP) is 6.07. The van der Waals surface area contributed by atoms with Gasteiger partial charge in [0.05, 0.1) is 7.11 Å². The van der Waals surface area contributed by atoms with Crippen molar-refractivity contribution in [1.82, 2.24) is 0 Å². The maximum atomic E-state index is 10.6. The second-order valence-corrected chi connectivity index (χ2v) is 7.30. The molecule has 0 radical (unpaired) electrons. The molecular formula is C21H26N4O3. The summed E-state index contributed by atoms with van der Waals surface area (Å²) in [4.78, 5) is 0. The summed E-state index contributed by atoms with van der Waals surface area (Å²) in [5.41, 5.74) is 1.80. The van der Waals surface area contributed by atoms with E-state index in [1.807, 2.05) is 18.2 Å². The summed E-state index contributed by atoms with van der Waals surface area (Å²) in [6.07, 6.45) is 2.36. The van der Waals surface area contributed by atoms with Crippen LogP contribution in [0, 0.1) is 0 Å². The maximum Gasteiger partial charge on any atom is 0.223 e. The van der Waals surface area contributed by atoms with Crippen LogP contribution in [-0.2, 0) is 5.66 Å². The van der Waals surface area contributed by atoms with Crippen molar-refractivity contribution in [2.24, 2.45) is 20.7 Å². The summed E-state index contributed by atoms with van der Waals surface area (Å²) in [5, 5.41) is 37.0. The van der Waals surface area contributed by atoms with E-state index >= 15 is 0 Å². The number of unbranched alkanes of at least 4 members (excludes halogenated alkanes) is 1. The van der Waals surface area contributed by atoms with Gasteiger partial charge in [-0.15, -0.1) is 10.2 Å². The number of phenols is 2. The Morgan fingerprint density at radius 2 is 1.71 bits per heavy atom. The molecule has 7 heteroatoms. The minimum Gasteiger partial charge on any atom is -0.507 e. The Hall–Kier alpha value is -2.96. The molecule has 3 rings (SSSR count). The first-order valence-electron chi connectivity index (χ1n) is 9.50. The van der Waals surface area contributed by atoms with Gasteiger partial charge in [-0.1, -0.05) is 33.3 Å². The van der Waals surface area contributed by atoms with Crippen LogP contribution in [-0.4, -0.2) is 17.3 Å². The first-order chi connectivity index (χ1) is 13.4. The number of hydrogen-bond acceptors (Lipinski definition) is 7. The molecule has 28 heavy (non-hydrogen) atoms. The average Bonchev–Trinajstić information content (AvgIpc) is 3.15. The second kappa shape index (κ2) is 7.96. The minimum absolute atomic E-state index is 0.0435. The highest BCUT2D eigenvalue weighted by atomic mass is 16.5. The minimum atomic E-state index is -1.06. The molecule has 0 unspecified atom stereocenters. The largest absolute Gasteiger partial charge is 0.507 e. The number of ether oxygens (including phenoxy) is 1. The quantitative estimate of drug-likeness (QED) is 0.607. The van der Waals surface area contributed by atoms with Gasteiger partial charge in [-0.2, -0.15) is 0 Å². The molecule has 0 saturated carbocycles. The Morgan fingerprint density at radius 3 is 2.32 bits per heavy atom. The third kappa shape index (κ3) is 3.56. The molecule has 0 aliphatic carbocycles. The Bertz CT molecular complexity index is 910. The Kier molecular flexibility index (Phi) is 5.63. The maximum absolute atomic E-state index is 10.6. The molecule has 0 fully saturated rings. The van der Waals surface area contributed by atoms with E-state index in [1.54, 1.807) is 13.2 Å². The molecule has 2 N–H and O–H groups in total. The van der Waals surface area contributed by atoms with Crippen LogP contribution in [0.15, 0.2) is 51.0 Å². The molecule has 0 amide bonds. The zero-order valence-corrected chi connectivity index (χ0v) is 16.7. The van der Waals surface area contributed by atoms with E-state index in [2.05, 4.69) is 41.4 Å². The summed E-state index contributed by atoms with van der Waals surface area (Å²) >= 11 is 0. The number of phenolic OH excluding ortho intramolecular Hbond substituents is 2. The van der Waals surface area contributed by atoms with Gasteiger partial charge in [0.2, 0.25) is 5.66 Å². The van der Waals surface area contributed by atoms with Gasteiger partial charge in [0, 0.05) is 29.2 Å². The van der Waals surface area contributed by atoms with Gasteiger partial charge in [-0.3, -0.25) is 0 Å². The molecule has 0 saturated heterocycles. The van der Waals surface area contributed by atoms with Crippen molar-refractivity contribution in [2.45, 2.75) is 51.6 Å². The molecule has 1 heterocycles. The van der Waals surface area contributed by atoms with Gasteiger partial charge >= 0.3 is 0 Å². The van der Waals surface area contributed by atoms with E-state index in [-0.39, 0.29) is 11.5 Å². The fourth-order valence-corrected chi connectivity index (χ4v) is 3.38. The normalized spacial score (nSPS) is 14.8. The molecular weight excluding hydrogens is 356 g/mol. The fraction of sp³-hybridized carbons (Fsp3) is 0.429. The van der Waals surface area contributed by atoms with Crippen molar-refractivity contribution in [3.63, 3.8) is 0 Å². The van der Waals surface area contributed by atoms with E-state index in [1.165, 1.54) is 6.07 Å². The van der Waals surface area contributed by atoms with Crippen LogP contribution in [0.5, 0.6) is 17.2 Å². The van der Waals surface area contributed by atoms with Gasteiger partial charge < -0.3 is 14.9 Å². The van der Waals surface area contributed by atoms with E-state index in [0.717, 1.165) is 24.0 Å². The first kappa shape index (κ1) is 19.8. The average molecular weight is 382 g/mol. The lowest BCUT2D eigenvalue weighted by Crippen LogP contribution is -2.19. The van der Waals surface area contributed by atoms with Crippen molar-refractivity contribution >= 4 is 0 Å². The Balaban J connectivity index is 2.19. The molecule has 148 valence electrons. The molecule has 7 nitrogen and oxygen atoms in total. The summed E-state index contributed by atoms with van der Waals surface area (Å²) in [7, 11) is 1.59. The van der Waals surface area contributed by atoms with Gasteiger partial charge in [-0.25, -0.2) is 0 Å². The highest BCUT2D eigenvalue weighted by Crippen LogP contribution is 2.47. The molecule has 0 spiro atoms. The molecule has 0 aromatic heterocycles. The van der Waals surface area contributed by atoms with E-state index in [4.69, 9.17) is 4.74 Å². The van der Waals surface area contributed by atoms with Gasteiger partial charge in [0.15, 0.2) is 0 Å². The monoisotopic (exact) mass is 382 g/mol. The summed E-state index contributed by atoms with van der Waals surface area (Å²) < 4.78 is 5.52. The Morgan fingerprint density at radius 1 is 1.00 bits per heavy atom. The van der Waals surface area contributed by atoms with Crippen molar-refractivity contribution in [2.75, 3.05) is 7.11 Å². The number of hydrogen-bond donors (Lipinski definition) is 2. The summed E-state index contributed by atoms with van der Waals surface area (Å²) in [6, 6.07) is 8.93. The molecule has 1 aliphatic rings. The van der Waals surface area contributed by atoms with Crippen LogP contribution in [0.1, 0.15) is 57.1 Å². The molecule has 0 atom stereocenters. The van der Waals surface area contributed by atoms with E-state index < -0.39 is 5.66 Å². The number of aromatic hydroxyl groups is 2. The van der Waals surface area contributed by atoms with Crippen molar-refractivity contribution in [3.05, 3.63) is 41.5 Å². The summed E-state index contributed by atoms with van der Waals surface area (Å²) in [5.74, 6) is 0.819. The first-order valence-corrected chi connectivity index (χ1v) is 9.50. The summed E-state index contributed by atoms with van der Waals surface area (Å²) in [6.45, 7) is 6.28. The lowest BCUT2D eigenvalue weighted by Gasteiger charge is -2.23. The molecule has 0 bridgehead atoms. The highest BCUT2D eigenvalue weighted by Gasteiger charge is 2.38. The lowest BCUT2D eigenvalue weighted by molar-refractivity contribution is 0.377. The highest BCUT2D eigenvalue weighted by molar-refractivity contribution is 5.78. The smallest absolute Gasteiger partial charge is 0.223 e. The van der Waals surface area contributed by atoms with Gasteiger partial charge in [0.25, 0.3) is 0 Å². The SMILES string of the molecule is CCCCC1(c2cc(-c3cc(C(C)C)ccc3OC)c(O)cc2O)N=NN=N1. The van der Waals surface area contributed by atoms with Crippen LogP contribution in [0.2, 0.25) is 0 Å². The standard InChI is InChI=1S/C21H26N4O3/c1-5-6-9-21(22-24-25-23-21)17-11-15(18(26)12-19(17)27)16-10-14(13(2)3)7-8-20(16)28-4/h7-8,10-13,26-27H,5-6,9H2,1-4H3. The predicted molar refractivity (Wildman–Crippen MR) is 107 cm³/mol. The van der Waals surface area contributed by atoms with E-state index in [9.17, 15) is 10.2 Å². The van der Waals surface area contributed by atoms with Crippen molar-refractivity contribution in [3.8, 4) is 28.4 Å². The molecule has 2 aromatic rings. The third-order valence-electron chi connectivity index (χ3n) is 5.06. The fourth-order valence-electron chi connectivity index (χ4n) is 3.38. The second-order valence-electron chi connectivity index (χ2n) is 7.30. The third-order valence-corrected chi connectivity index (χ3v) is 5.06. The van der Waals surface area contributed by atoms with Crippen LogP contribution in [0.25, 0.3) is 11.1 Å². The lowest BCUT2D eigenvalue weighted by atomic mass is 9.89. The van der Waals surface area contributed by atoms with Crippen LogP contribution in [0.3, 0.4) is 0 Å². The van der Waals surface area contributed by atoms with Crippen LogP contribution >= 0.6 is 0 Å². The number of benzene rings is 2. The van der Waals surface area contributed by atoms with Crippen LogP contribution in [0.4, 0.5) is 0 Å². The zero-order valence-electron chi connectivity index (χ0n) is 16.7. The molecule has 1 aliphatic heterocycles. The topological polar surface area (TPSA) is 99.1 Å². The Labute approximate surface area is 164 Å². The molecule has 2 aromatic carbocycles. The van der Waals surface area contributed by atoms with Crippen molar-refractivity contribution < 1.29 is 14.9 Å². The number of nitrogens with zero attached hydrogens (tertiary/aromatic N) is 4. The van der Waals surface area contributed by atoms with Gasteiger partial charge in [0.1, 0.15) is 17.2 Å². The van der Waals surface area contributed by atoms with E-state index in [0.29, 0.717) is 29.2 Å². The zero-order chi connectivity index (χ0) is 20.3. The van der Waals surface area contributed by atoms with Gasteiger partial charge in [-0.05, 0) is 46.5 Å². The number of rotatable bonds is 7.